The van der Waals surface area contributed by atoms with Gasteiger partial charge in [-0.1, -0.05) is 42.5 Å². The molecule has 3 nitrogen and oxygen atoms in total. The Morgan fingerprint density at radius 1 is 0.909 bits per heavy atom. The lowest BCUT2D eigenvalue weighted by Crippen LogP contribution is -2.25. The number of hydrogen-bond donors (Lipinski definition) is 0. The molecule has 0 amide bonds. The Morgan fingerprint density at radius 2 is 1.55 bits per heavy atom. The fourth-order valence-electron chi connectivity index (χ4n) is 2.67. The molecule has 2 rings (SSSR count). The van der Waals surface area contributed by atoms with Crippen molar-refractivity contribution in [1.29, 1.82) is 0 Å². The molecule has 0 N–H and O–H groups in total. The summed E-state index contributed by atoms with van der Waals surface area (Å²) < 4.78 is 0. The molecule has 0 saturated carbocycles. The summed E-state index contributed by atoms with van der Waals surface area (Å²) in [5, 5.41) is 0. The first-order valence-corrected chi connectivity index (χ1v) is 7.58. The molecule has 0 spiro atoms. The summed E-state index contributed by atoms with van der Waals surface area (Å²) in [6, 6.07) is 14.6. The van der Waals surface area contributed by atoms with Crippen molar-refractivity contribution >= 4 is 17.3 Å². The largest absolute Gasteiger partial charge is 0.371 e. The second-order valence-electron chi connectivity index (χ2n) is 5.12. The van der Waals surface area contributed by atoms with Crippen LogP contribution in [0.5, 0.6) is 0 Å². The van der Waals surface area contributed by atoms with E-state index in [0.29, 0.717) is 16.7 Å². The van der Waals surface area contributed by atoms with Crippen LogP contribution in [0.1, 0.15) is 47.1 Å². The molecular formula is C19H21NO2. The molecular weight excluding hydrogens is 274 g/mol. The molecule has 0 radical (unpaired) electrons. The quantitative estimate of drug-likeness (QED) is 0.757. The molecule has 2 aromatic rings. The van der Waals surface area contributed by atoms with Gasteiger partial charge in [-0.15, -0.1) is 0 Å². The van der Waals surface area contributed by atoms with Crippen molar-refractivity contribution in [2.75, 3.05) is 18.0 Å². The maximum Gasteiger partial charge on any atom is 0.193 e. The van der Waals surface area contributed by atoms with Gasteiger partial charge in [-0.05, 0) is 26.8 Å². The van der Waals surface area contributed by atoms with Gasteiger partial charge in [0, 0.05) is 29.9 Å². The van der Waals surface area contributed by atoms with Crippen molar-refractivity contribution in [3.05, 3.63) is 65.2 Å². The second kappa shape index (κ2) is 7.03. The highest BCUT2D eigenvalue weighted by molar-refractivity contribution is 6.17. The van der Waals surface area contributed by atoms with Crippen LogP contribution >= 0.6 is 0 Å². The Kier molecular flexibility index (Phi) is 5.10. The minimum absolute atomic E-state index is 0.0817. The summed E-state index contributed by atoms with van der Waals surface area (Å²) in [6.07, 6.45) is 0. The number of anilines is 1. The molecule has 114 valence electrons. The molecule has 0 aromatic heterocycles. The molecule has 0 unspecified atom stereocenters. The smallest absolute Gasteiger partial charge is 0.193 e. The van der Waals surface area contributed by atoms with Gasteiger partial charge in [0.05, 0.1) is 5.56 Å². The topological polar surface area (TPSA) is 37.4 Å². The van der Waals surface area contributed by atoms with Gasteiger partial charge in [0.15, 0.2) is 11.6 Å². The van der Waals surface area contributed by atoms with Crippen LogP contribution in [0.25, 0.3) is 0 Å². The van der Waals surface area contributed by atoms with E-state index in [1.165, 1.54) is 6.92 Å². The van der Waals surface area contributed by atoms with Gasteiger partial charge in [-0.3, -0.25) is 9.59 Å². The summed E-state index contributed by atoms with van der Waals surface area (Å²) in [7, 11) is 0. The van der Waals surface area contributed by atoms with Gasteiger partial charge in [-0.2, -0.15) is 0 Å². The van der Waals surface area contributed by atoms with Crippen LogP contribution in [-0.4, -0.2) is 24.7 Å². The third-order valence-corrected chi connectivity index (χ3v) is 3.78. The highest BCUT2D eigenvalue weighted by atomic mass is 16.1. The first kappa shape index (κ1) is 16.0. The van der Waals surface area contributed by atoms with Crippen molar-refractivity contribution in [2.24, 2.45) is 0 Å². The zero-order valence-corrected chi connectivity index (χ0v) is 13.3. The van der Waals surface area contributed by atoms with Gasteiger partial charge in [0.2, 0.25) is 0 Å². The van der Waals surface area contributed by atoms with E-state index in [1.54, 1.807) is 18.2 Å². The SMILES string of the molecule is CCN(CC)c1cccc(C(=O)c2ccccc2)c1C(C)=O. The van der Waals surface area contributed by atoms with E-state index in [1.807, 2.05) is 44.2 Å². The Morgan fingerprint density at radius 3 is 2.09 bits per heavy atom. The number of carbonyl (C=O) groups is 2. The number of benzene rings is 2. The summed E-state index contributed by atoms with van der Waals surface area (Å²) >= 11 is 0. The summed E-state index contributed by atoms with van der Waals surface area (Å²) in [5.74, 6) is -0.193. The molecule has 0 aliphatic heterocycles. The van der Waals surface area contributed by atoms with E-state index >= 15 is 0 Å². The lowest BCUT2D eigenvalue weighted by atomic mass is 9.94. The monoisotopic (exact) mass is 295 g/mol. The zero-order valence-electron chi connectivity index (χ0n) is 13.3. The predicted octanol–water partition coefficient (Wildman–Crippen LogP) is 3.97. The Bertz CT molecular complexity index is 673. The van der Waals surface area contributed by atoms with Crippen molar-refractivity contribution in [3.8, 4) is 0 Å². The van der Waals surface area contributed by atoms with Gasteiger partial charge < -0.3 is 4.90 Å². The Balaban J connectivity index is 2.59. The molecule has 0 fully saturated rings. The molecule has 22 heavy (non-hydrogen) atoms. The first-order valence-electron chi connectivity index (χ1n) is 7.58. The van der Waals surface area contributed by atoms with E-state index in [4.69, 9.17) is 0 Å². The lowest BCUT2D eigenvalue weighted by molar-refractivity contribution is 0.0990. The molecule has 3 heteroatoms. The van der Waals surface area contributed by atoms with Gasteiger partial charge in [0.25, 0.3) is 0 Å². The lowest BCUT2D eigenvalue weighted by Gasteiger charge is -2.24. The highest BCUT2D eigenvalue weighted by Crippen LogP contribution is 2.26. The minimum atomic E-state index is -0.111. The standard InChI is InChI=1S/C19H21NO2/c1-4-20(5-2)17-13-9-12-16(18(17)14(3)21)19(22)15-10-7-6-8-11-15/h6-13H,4-5H2,1-3H3. The van der Waals surface area contributed by atoms with Crippen molar-refractivity contribution in [3.63, 3.8) is 0 Å². The second-order valence-corrected chi connectivity index (χ2v) is 5.12. The average Bonchev–Trinajstić information content (AvgIpc) is 2.55. The van der Waals surface area contributed by atoms with E-state index in [-0.39, 0.29) is 11.6 Å². The number of nitrogens with zero attached hydrogens (tertiary/aromatic N) is 1. The molecule has 0 aliphatic rings. The molecule has 0 aliphatic carbocycles. The van der Waals surface area contributed by atoms with E-state index in [9.17, 15) is 9.59 Å². The van der Waals surface area contributed by atoms with Crippen LogP contribution in [0.3, 0.4) is 0 Å². The van der Waals surface area contributed by atoms with Crippen LogP contribution in [0.4, 0.5) is 5.69 Å². The minimum Gasteiger partial charge on any atom is -0.371 e. The zero-order chi connectivity index (χ0) is 16.1. The maximum absolute atomic E-state index is 12.8. The van der Waals surface area contributed by atoms with Gasteiger partial charge in [0.1, 0.15) is 0 Å². The van der Waals surface area contributed by atoms with E-state index in [2.05, 4.69) is 4.90 Å². The maximum atomic E-state index is 12.8. The Hall–Kier alpha value is -2.42. The summed E-state index contributed by atoms with van der Waals surface area (Å²) in [6.45, 7) is 7.18. The first-order chi connectivity index (χ1) is 10.6. The van der Waals surface area contributed by atoms with Gasteiger partial charge in [-0.25, -0.2) is 0 Å². The van der Waals surface area contributed by atoms with Crippen molar-refractivity contribution < 1.29 is 9.59 Å². The number of ketones is 2. The van der Waals surface area contributed by atoms with Crippen LogP contribution in [-0.2, 0) is 0 Å². The molecule has 0 heterocycles. The summed E-state index contributed by atoms with van der Waals surface area (Å²) in [5.41, 5.74) is 2.42. The molecule has 2 aromatic carbocycles. The average molecular weight is 295 g/mol. The van der Waals surface area contributed by atoms with Crippen LogP contribution in [0.2, 0.25) is 0 Å². The van der Waals surface area contributed by atoms with Crippen LogP contribution in [0.15, 0.2) is 48.5 Å². The fourth-order valence-corrected chi connectivity index (χ4v) is 2.67. The van der Waals surface area contributed by atoms with Gasteiger partial charge >= 0.3 is 0 Å². The number of rotatable bonds is 6. The van der Waals surface area contributed by atoms with Crippen LogP contribution in [0, 0.1) is 0 Å². The van der Waals surface area contributed by atoms with Crippen LogP contribution < -0.4 is 4.90 Å². The fraction of sp³-hybridized carbons (Fsp3) is 0.263. The summed E-state index contributed by atoms with van der Waals surface area (Å²) in [4.78, 5) is 27.0. The normalized spacial score (nSPS) is 10.3. The third kappa shape index (κ3) is 3.08. The van der Waals surface area contributed by atoms with E-state index in [0.717, 1.165) is 18.8 Å². The Labute approximate surface area is 131 Å². The molecule has 0 saturated heterocycles. The third-order valence-electron chi connectivity index (χ3n) is 3.78. The predicted molar refractivity (Wildman–Crippen MR) is 89.9 cm³/mol. The molecule has 0 atom stereocenters. The van der Waals surface area contributed by atoms with Crippen molar-refractivity contribution in [1.82, 2.24) is 0 Å². The van der Waals surface area contributed by atoms with Crippen molar-refractivity contribution in [2.45, 2.75) is 20.8 Å². The number of Topliss-reactive ketones (excluding diaryl/α,β-unsaturated/α-hetero) is 1. The number of carbonyl (C=O) groups excluding carboxylic acids is 2. The van der Waals surface area contributed by atoms with E-state index < -0.39 is 0 Å². The highest BCUT2D eigenvalue weighted by Gasteiger charge is 2.21. The molecule has 0 bridgehead atoms. The number of hydrogen-bond acceptors (Lipinski definition) is 3.